The Morgan fingerprint density at radius 1 is 1.20 bits per heavy atom. The Morgan fingerprint density at radius 3 is 3.20 bits per heavy atom. The predicted molar refractivity (Wildman–Crippen MR) is 58.5 cm³/mol. The van der Waals surface area contributed by atoms with Gasteiger partial charge in [-0.1, -0.05) is 0 Å². The zero-order chi connectivity index (χ0) is 10.1. The molecule has 3 heterocycles. The average molecular weight is 196 g/mol. The highest BCUT2D eigenvalue weighted by Crippen LogP contribution is 2.20. The van der Waals surface area contributed by atoms with Gasteiger partial charge in [-0.3, -0.25) is 0 Å². The molecule has 0 radical (unpaired) electrons. The number of rotatable bonds is 0. The van der Waals surface area contributed by atoms with Crippen LogP contribution in [0.1, 0.15) is 11.3 Å². The third-order valence-corrected chi connectivity index (χ3v) is 2.29. The second kappa shape index (κ2) is 3.16. The van der Waals surface area contributed by atoms with E-state index in [1.165, 1.54) is 0 Å². The monoisotopic (exact) mass is 196 g/mol. The molecule has 0 aliphatic carbocycles. The minimum absolute atomic E-state index is 0.929. The maximum atomic E-state index is 4.23. The summed E-state index contributed by atoms with van der Waals surface area (Å²) >= 11 is 0. The van der Waals surface area contributed by atoms with Crippen LogP contribution in [0, 0.1) is 0 Å². The molecule has 15 heavy (non-hydrogen) atoms. The molecule has 0 unspecified atom stereocenters. The summed E-state index contributed by atoms with van der Waals surface area (Å²) < 4.78 is 0. The first kappa shape index (κ1) is 8.11. The fourth-order valence-electron chi connectivity index (χ4n) is 1.53. The van der Waals surface area contributed by atoms with Crippen LogP contribution in [0.3, 0.4) is 0 Å². The van der Waals surface area contributed by atoms with E-state index in [-0.39, 0.29) is 0 Å². The Balaban J connectivity index is 2.18. The average Bonchev–Trinajstić information content (AvgIpc) is 2.48. The maximum absolute atomic E-state index is 4.23. The Kier molecular flexibility index (Phi) is 1.71. The van der Waals surface area contributed by atoms with Crippen molar-refractivity contribution in [2.45, 2.75) is 0 Å². The molecule has 0 N–H and O–H groups in total. The molecule has 0 amide bonds. The Bertz CT molecular complexity index is 511. The van der Waals surface area contributed by atoms with Crippen molar-refractivity contribution in [3.63, 3.8) is 0 Å². The number of hydrogen-bond donors (Lipinski definition) is 0. The van der Waals surface area contributed by atoms with Gasteiger partial charge in [0.2, 0.25) is 0 Å². The van der Waals surface area contributed by atoms with Gasteiger partial charge in [0.15, 0.2) is 0 Å². The van der Waals surface area contributed by atoms with E-state index in [9.17, 15) is 0 Å². The summed E-state index contributed by atoms with van der Waals surface area (Å²) in [6, 6.07) is 0. The Hall–Kier alpha value is -2.23. The van der Waals surface area contributed by atoms with Gasteiger partial charge in [0.05, 0.1) is 17.7 Å². The fourth-order valence-corrected chi connectivity index (χ4v) is 1.53. The lowest BCUT2D eigenvalue weighted by atomic mass is 10.2. The quantitative estimate of drug-likeness (QED) is 0.633. The molecule has 0 fully saturated rings. The first-order valence-electron chi connectivity index (χ1n) is 4.61. The van der Waals surface area contributed by atoms with Gasteiger partial charge in [0.25, 0.3) is 0 Å². The summed E-state index contributed by atoms with van der Waals surface area (Å²) in [6.45, 7) is 0. The summed E-state index contributed by atoms with van der Waals surface area (Å²) in [6.07, 6.45) is 14.8. The zero-order valence-electron chi connectivity index (χ0n) is 7.91. The summed E-state index contributed by atoms with van der Waals surface area (Å²) in [4.78, 5) is 14.2. The van der Waals surface area contributed by atoms with Crippen molar-refractivity contribution in [3.05, 3.63) is 48.0 Å². The van der Waals surface area contributed by atoms with Crippen molar-refractivity contribution >= 4 is 18.5 Å². The van der Waals surface area contributed by atoms with Crippen LogP contribution >= 0.6 is 0 Å². The van der Waals surface area contributed by atoms with Crippen LogP contribution in [0.25, 0.3) is 12.2 Å². The van der Waals surface area contributed by atoms with E-state index < -0.39 is 0 Å². The Labute approximate surface area is 87.0 Å². The minimum atomic E-state index is 0.929. The number of aliphatic imine (C=N–C) groups is 1. The van der Waals surface area contributed by atoms with Crippen LogP contribution in [0.5, 0.6) is 0 Å². The maximum Gasteiger partial charge on any atom is 0.116 e. The molecular weight excluding hydrogens is 188 g/mol. The lowest BCUT2D eigenvalue weighted by Crippen LogP contribution is -2.13. The molecule has 2 aliphatic heterocycles. The van der Waals surface area contributed by atoms with E-state index in [0.717, 1.165) is 17.0 Å². The van der Waals surface area contributed by atoms with Crippen LogP contribution in [0.4, 0.5) is 0 Å². The third-order valence-electron chi connectivity index (χ3n) is 2.29. The highest BCUT2D eigenvalue weighted by atomic mass is 15.2. The van der Waals surface area contributed by atoms with Crippen molar-refractivity contribution in [2.75, 3.05) is 0 Å². The van der Waals surface area contributed by atoms with Crippen molar-refractivity contribution in [1.82, 2.24) is 14.9 Å². The number of fused-ring (bicyclic) bond motifs is 2. The van der Waals surface area contributed by atoms with Gasteiger partial charge in [-0.15, -0.1) is 0 Å². The van der Waals surface area contributed by atoms with Crippen molar-refractivity contribution < 1.29 is 0 Å². The van der Waals surface area contributed by atoms with Crippen molar-refractivity contribution in [3.8, 4) is 0 Å². The van der Waals surface area contributed by atoms with Gasteiger partial charge in [-0.25, -0.2) is 15.0 Å². The summed E-state index contributed by atoms with van der Waals surface area (Å²) in [5.74, 6) is 0. The van der Waals surface area contributed by atoms with Crippen molar-refractivity contribution in [1.29, 1.82) is 0 Å². The molecule has 1 aromatic heterocycles. The van der Waals surface area contributed by atoms with Gasteiger partial charge < -0.3 is 4.90 Å². The van der Waals surface area contributed by atoms with E-state index in [2.05, 4.69) is 15.0 Å². The predicted octanol–water partition coefficient (Wildman–Crippen LogP) is 1.66. The number of nitrogens with zero attached hydrogens (tertiary/aromatic N) is 4. The summed E-state index contributed by atoms with van der Waals surface area (Å²) in [7, 11) is 0. The molecule has 0 saturated heterocycles. The SMILES string of the molecule is C1=CC2=Cc3ncncc3C=CN2C=N1. The largest absolute Gasteiger partial charge is 0.308 e. The molecule has 2 aliphatic rings. The standard InChI is InChI=1S/C11H8N4/c1-3-12-8-15-4-2-9-6-13-7-14-11(9)5-10(1)15/h1-8H. The molecule has 0 spiro atoms. The van der Waals surface area contributed by atoms with E-state index >= 15 is 0 Å². The molecule has 0 atom stereocenters. The van der Waals surface area contributed by atoms with Crippen molar-refractivity contribution in [2.24, 2.45) is 4.99 Å². The molecule has 3 rings (SSSR count). The van der Waals surface area contributed by atoms with E-state index in [1.54, 1.807) is 25.1 Å². The Morgan fingerprint density at radius 2 is 2.20 bits per heavy atom. The first-order valence-corrected chi connectivity index (χ1v) is 4.61. The molecule has 4 nitrogen and oxygen atoms in total. The molecule has 4 heteroatoms. The number of hydrogen-bond acceptors (Lipinski definition) is 4. The topological polar surface area (TPSA) is 41.4 Å². The number of aromatic nitrogens is 2. The van der Waals surface area contributed by atoms with Crippen LogP contribution in [0.15, 0.2) is 41.7 Å². The normalized spacial score (nSPS) is 16.8. The van der Waals surface area contributed by atoms with E-state index in [4.69, 9.17) is 0 Å². The smallest absolute Gasteiger partial charge is 0.116 e. The van der Waals surface area contributed by atoms with Crippen LogP contribution < -0.4 is 0 Å². The third kappa shape index (κ3) is 1.36. The molecule has 72 valence electrons. The molecule has 0 bridgehead atoms. The highest BCUT2D eigenvalue weighted by molar-refractivity contribution is 5.75. The van der Waals surface area contributed by atoms with Gasteiger partial charge >= 0.3 is 0 Å². The summed E-state index contributed by atoms with van der Waals surface area (Å²) in [5.41, 5.74) is 3.00. The second-order valence-electron chi connectivity index (χ2n) is 3.24. The lowest BCUT2D eigenvalue weighted by Gasteiger charge is -2.16. The first-order chi connectivity index (χ1) is 7.43. The van der Waals surface area contributed by atoms with E-state index in [1.807, 2.05) is 29.3 Å². The van der Waals surface area contributed by atoms with Gasteiger partial charge in [-0.05, 0) is 18.2 Å². The zero-order valence-corrected chi connectivity index (χ0v) is 7.91. The summed E-state index contributed by atoms with van der Waals surface area (Å²) in [5, 5.41) is 0. The van der Waals surface area contributed by atoms with Crippen LogP contribution in [0.2, 0.25) is 0 Å². The molecular formula is C11H8N4. The van der Waals surface area contributed by atoms with Gasteiger partial charge in [0.1, 0.15) is 6.33 Å². The van der Waals surface area contributed by atoms with Crippen LogP contribution in [-0.2, 0) is 0 Å². The second-order valence-corrected chi connectivity index (χ2v) is 3.24. The minimum Gasteiger partial charge on any atom is -0.308 e. The molecule has 0 aromatic carbocycles. The van der Waals surface area contributed by atoms with E-state index in [0.29, 0.717) is 0 Å². The molecule has 1 aromatic rings. The highest BCUT2D eigenvalue weighted by Gasteiger charge is 2.10. The fraction of sp³-hybridized carbons (Fsp3) is 0. The van der Waals surface area contributed by atoms with Gasteiger partial charge in [0, 0.05) is 24.2 Å². The lowest BCUT2D eigenvalue weighted by molar-refractivity contribution is 0.739. The van der Waals surface area contributed by atoms with Gasteiger partial charge in [-0.2, -0.15) is 0 Å². The molecule has 0 saturated carbocycles. The van der Waals surface area contributed by atoms with Crippen LogP contribution in [-0.4, -0.2) is 21.2 Å². The number of allylic oxidation sites excluding steroid dienone is 1.